The Balaban J connectivity index is 1.14. The number of fused-ring (bicyclic) bond motifs is 3. The molecule has 0 bridgehead atoms. The molecule has 59 heavy (non-hydrogen) atoms. The lowest BCUT2D eigenvalue weighted by molar-refractivity contribution is -0.347. The molecule has 320 valence electrons. The fourth-order valence-electron chi connectivity index (χ4n) is 7.78. The van der Waals surface area contributed by atoms with Crippen LogP contribution < -0.4 is 0 Å². The molecule has 4 fully saturated rings. The molecular weight excluding hydrogens is 788 g/mol. The number of aliphatic hydroxyl groups is 6. The number of hydrogen-bond donors (Lipinski definition) is 10. The van der Waals surface area contributed by atoms with E-state index in [0.29, 0.717) is 11.1 Å². The van der Waals surface area contributed by atoms with E-state index in [9.17, 15) is 60.7 Å². The summed E-state index contributed by atoms with van der Waals surface area (Å²) in [5, 5.41) is 102. The van der Waals surface area contributed by atoms with Gasteiger partial charge < -0.3 is 89.0 Å². The lowest BCUT2D eigenvalue weighted by Crippen LogP contribution is -2.61. The van der Waals surface area contributed by atoms with Gasteiger partial charge in [0.15, 0.2) is 47.8 Å². The third kappa shape index (κ3) is 8.34. The summed E-state index contributed by atoms with van der Waals surface area (Å²) in [4.78, 5) is 26.6. The summed E-state index contributed by atoms with van der Waals surface area (Å²) < 4.78 is 47.1. The van der Waals surface area contributed by atoms with Crippen LogP contribution in [0.25, 0.3) is 12.2 Å². The maximum absolute atomic E-state index is 13.4. The van der Waals surface area contributed by atoms with E-state index in [1.54, 1.807) is 6.08 Å². The van der Waals surface area contributed by atoms with Crippen LogP contribution in [0.1, 0.15) is 18.1 Å². The number of aromatic hydroxyl groups is 4. The molecule has 1 saturated carbocycles. The SMILES string of the molecule is C[C@@H]1O[C@@H](O[C@H]2[C@@H]3C=CO[C@@H](O[C@@H]4O[C@H](CO)[C@@H](O)[C@H](O)[C@H]4O)[C@@H]3[C@@]3(CO)O[C@@H]23)[C@H](OC(=O)C=Cc2ccc(O)c(O)c2)[C@H](OC(=O)C=Cc2ccc(O)c(O)c2)[C@H]1O. The van der Waals surface area contributed by atoms with Crippen molar-refractivity contribution in [1.82, 2.24) is 0 Å². The first-order valence-electron chi connectivity index (χ1n) is 18.5. The predicted octanol–water partition coefficient (Wildman–Crippen LogP) is -1.39. The van der Waals surface area contributed by atoms with Crippen LogP contribution in [0.5, 0.6) is 23.0 Å². The molecule has 0 unspecified atom stereocenters. The Morgan fingerprint density at radius 3 is 1.90 bits per heavy atom. The Kier molecular flexibility index (Phi) is 12.2. The standard InChI is InChI=1S/C39H44O20/c1-16-28(48)33(55-25(46)8-4-17-2-6-20(42)22(44)12-17)34(56-26(47)9-5-18-3-7-21(43)23(45)13-18)38(53-16)57-32-19-10-11-52-36(27(19)39(15-41)35(32)59-39)58-37-31(51)30(50)29(49)24(14-40)54-37/h2-13,16,19,24,27-38,40-45,48-51H,14-15H2,1H3/t16-,19+,24+,27+,28-,29+,30-,31+,32-,33+,34+,35-,36-,37-,38-,39+/m0/s1. The fourth-order valence-corrected chi connectivity index (χ4v) is 7.78. The number of aliphatic hydroxyl groups excluding tert-OH is 6. The molecule has 20 nitrogen and oxygen atoms in total. The van der Waals surface area contributed by atoms with Gasteiger partial charge in [0, 0.05) is 18.1 Å². The first kappa shape index (κ1) is 42.3. The number of phenols is 4. The Hall–Kier alpha value is -4.84. The van der Waals surface area contributed by atoms with Gasteiger partial charge in [-0.3, -0.25) is 0 Å². The highest BCUT2D eigenvalue weighted by atomic mass is 16.8. The molecule has 5 aliphatic rings. The van der Waals surface area contributed by atoms with E-state index in [2.05, 4.69) is 0 Å². The molecule has 0 radical (unpaired) electrons. The summed E-state index contributed by atoms with van der Waals surface area (Å²) in [6, 6.07) is 7.58. The molecule has 0 aromatic heterocycles. The monoisotopic (exact) mass is 832 g/mol. The van der Waals surface area contributed by atoms with Gasteiger partial charge in [-0.25, -0.2) is 9.59 Å². The Labute approximate surface area is 334 Å². The number of carbonyl (C=O) groups is 2. The molecule has 7 rings (SSSR count). The lowest BCUT2D eigenvalue weighted by atomic mass is 9.85. The van der Waals surface area contributed by atoms with Crippen LogP contribution in [0.2, 0.25) is 0 Å². The second kappa shape index (κ2) is 17.0. The highest BCUT2D eigenvalue weighted by Gasteiger charge is 2.77. The highest BCUT2D eigenvalue weighted by molar-refractivity contribution is 5.88. The third-order valence-electron chi connectivity index (χ3n) is 11.0. The minimum atomic E-state index is -1.77. The summed E-state index contributed by atoms with van der Waals surface area (Å²) in [5.74, 6) is -5.31. The molecule has 10 N–H and O–H groups in total. The van der Waals surface area contributed by atoms with Crippen molar-refractivity contribution in [3.63, 3.8) is 0 Å². The van der Waals surface area contributed by atoms with Crippen molar-refractivity contribution < 1.29 is 98.5 Å². The Morgan fingerprint density at radius 1 is 0.712 bits per heavy atom. The summed E-state index contributed by atoms with van der Waals surface area (Å²) in [7, 11) is 0. The molecule has 4 aliphatic heterocycles. The number of phenolic OH excluding ortho intramolecular Hbond substituents is 4. The molecule has 1 aliphatic carbocycles. The predicted molar refractivity (Wildman–Crippen MR) is 193 cm³/mol. The summed E-state index contributed by atoms with van der Waals surface area (Å²) in [6.45, 7) is 0.163. The second-order valence-corrected chi connectivity index (χ2v) is 14.7. The molecule has 16 atom stereocenters. The average molecular weight is 833 g/mol. The van der Waals surface area contributed by atoms with E-state index < -0.39 is 140 Å². The van der Waals surface area contributed by atoms with Gasteiger partial charge in [0.1, 0.15) is 42.2 Å². The van der Waals surface area contributed by atoms with Crippen molar-refractivity contribution in [2.75, 3.05) is 13.2 Å². The average Bonchev–Trinajstić information content (AvgIpc) is 3.89. The Morgan fingerprint density at radius 2 is 1.32 bits per heavy atom. The van der Waals surface area contributed by atoms with E-state index >= 15 is 0 Å². The Bertz CT molecular complexity index is 1950. The highest BCUT2D eigenvalue weighted by Crippen LogP contribution is 2.61. The quantitative estimate of drug-likeness (QED) is 0.0510. The number of benzene rings is 2. The first-order chi connectivity index (χ1) is 28.1. The van der Waals surface area contributed by atoms with Crippen molar-refractivity contribution in [2.24, 2.45) is 11.8 Å². The largest absolute Gasteiger partial charge is 0.504 e. The number of esters is 2. The molecule has 4 heterocycles. The van der Waals surface area contributed by atoms with Crippen molar-refractivity contribution in [3.8, 4) is 23.0 Å². The second-order valence-electron chi connectivity index (χ2n) is 14.7. The molecule has 3 saturated heterocycles. The van der Waals surface area contributed by atoms with Crippen molar-refractivity contribution in [3.05, 3.63) is 72.0 Å². The van der Waals surface area contributed by atoms with Gasteiger partial charge in [0.05, 0.1) is 37.6 Å². The van der Waals surface area contributed by atoms with Crippen molar-refractivity contribution >= 4 is 24.1 Å². The maximum atomic E-state index is 13.4. The van der Waals surface area contributed by atoms with Gasteiger partial charge in [-0.05, 0) is 60.5 Å². The van der Waals surface area contributed by atoms with Gasteiger partial charge in [0.2, 0.25) is 6.29 Å². The zero-order chi connectivity index (χ0) is 42.3. The zero-order valence-electron chi connectivity index (χ0n) is 31.1. The van der Waals surface area contributed by atoms with E-state index in [0.717, 1.165) is 12.2 Å². The molecule has 0 spiro atoms. The van der Waals surface area contributed by atoms with Crippen LogP contribution in [0.15, 0.2) is 60.9 Å². The van der Waals surface area contributed by atoms with Gasteiger partial charge in [-0.1, -0.05) is 12.1 Å². The number of ether oxygens (including phenoxy) is 8. The van der Waals surface area contributed by atoms with Crippen LogP contribution in [0.4, 0.5) is 0 Å². The van der Waals surface area contributed by atoms with E-state index in [4.69, 9.17) is 37.9 Å². The van der Waals surface area contributed by atoms with E-state index in [1.165, 1.54) is 61.7 Å². The van der Waals surface area contributed by atoms with Crippen molar-refractivity contribution in [1.29, 1.82) is 0 Å². The summed E-state index contributed by atoms with van der Waals surface area (Å²) in [5.41, 5.74) is -0.761. The van der Waals surface area contributed by atoms with Crippen LogP contribution in [-0.2, 0) is 47.5 Å². The van der Waals surface area contributed by atoms with Gasteiger partial charge >= 0.3 is 11.9 Å². The molecule has 0 amide bonds. The van der Waals surface area contributed by atoms with Crippen LogP contribution >= 0.6 is 0 Å². The number of rotatable bonds is 12. The summed E-state index contributed by atoms with van der Waals surface area (Å²) in [6.07, 6.45) is -11.5. The fraction of sp³-hybridized carbons (Fsp3) is 0.487. The van der Waals surface area contributed by atoms with Crippen LogP contribution in [0, 0.1) is 11.8 Å². The van der Waals surface area contributed by atoms with E-state index in [1.807, 2.05) is 0 Å². The summed E-state index contributed by atoms with van der Waals surface area (Å²) >= 11 is 0. The minimum Gasteiger partial charge on any atom is -0.504 e. The number of hydrogen-bond acceptors (Lipinski definition) is 20. The van der Waals surface area contributed by atoms with Gasteiger partial charge in [0.25, 0.3) is 0 Å². The maximum Gasteiger partial charge on any atom is 0.331 e. The van der Waals surface area contributed by atoms with E-state index in [-0.39, 0.29) is 5.75 Å². The first-order valence-corrected chi connectivity index (χ1v) is 18.5. The molecular formula is C39H44O20. The lowest BCUT2D eigenvalue weighted by Gasteiger charge is -2.44. The smallest absolute Gasteiger partial charge is 0.331 e. The van der Waals surface area contributed by atoms with Crippen molar-refractivity contribution in [2.45, 2.75) is 92.4 Å². The topological polar surface area (TPSA) is 314 Å². The molecule has 2 aromatic carbocycles. The van der Waals surface area contributed by atoms with Crippen LogP contribution in [-0.4, -0.2) is 162 Å². The third-order valence-corrected chi connectivity index (χ3v) is 11.0. The van der Waals surface area contributed by atoms with Gasteiger partial charge in [-0.2, -0.15) is 0 Å². The number of epoxide rings is 1. The molecule has 20 heteroatoms. The normalized spacial score (nSPS) is 38.7. The van der Waals surface area contributed by atoms with Crippen LogP contribution in [0.3, 0.4) is 0 Å². The molecule has 2 aromatic rings. The van der Waals surface area contributed by atoms with Gasteiger partial charge in [-0.15, -0.1) is 0 Å². The minimum absolute atomic E-state index is 0.294. The zero-order valence-corrected chi connectivity index (χ0v) is 31.1. The number of carbonyl (C=O) groups excluding carboxylic acids is 2.